The maximum atomic E-state index is 15.2. The van der Waals surface area contributed by atoms with Crippen LogP contribution >= 0.6 is 0 Å². The molecule has 3 aromatic heterocycles. The van der Waals surface area contributed by atoms with E-state index >= 15 is 4.79 Å². The molecule has 48 heavy (non-hydrogen) atoms. The Balaban J connectivity index is 1.30. The highest BCUT2D eigenvalue weighted by Gasteiger charge is 2.45. The zero-order valence-electron chi connectivity index (χ0n) is 26.1. The molecule has 10 heteroatoms. The fraction of sp³-hybridized carbons (Fsp3) is 0.105. The summed E-state index contributed by atoms with van der Waals surface area (Å²) < 4.78 is 7.56. The van der Waals surface area contributed by atoms with Crippen molar-refractivity contribution in [2.75, 3.05) is 7.11 Å². The van der Waals surface area contributed by atoms with Crippen molar-refractivity contribution in [1.29, 1.82) is 0 Å². The average molecular weight is 629 g/mol. The Kier molecular flexibility index (Phi) is 6.13. The van der Waals surface area contributed by atoms with Gasteiger partial charge in [0.1, 0.15) is 17.6 Å². The lowest BCUT2D eigenvalue weighted by atomic mass is 9.83. The molecule has 0 spiro atoms. The van der Waals surface area contributed by atoms with E-state index in [-0.39, 0.29) is 12.2 Å². The molecule has 4 aliphatic rings. The second-order valence-corrected chi connectivity index (χ2v) is 12.2. The number of hydrogen-bond acceptors (Lipinski definition) is 8. The van der Waals surface area contributed by atoms with E-state index in [4.69, 9.17) is 14.7 Å². The fourth-order valence-electron chi connectivity index (χ4n) is 6.75. The minimum Gasteiger partial charge on any atom is -0.496 e. The van der Waals surface area contributed by atoms with Gasteiger partial charge in [0.15, 0.2) is 5.78 Å². The summed E-state index contributed by atoms with van der Waals surface area (Å²) in [5.41, 5.74) is 5.37. The highest BCUT2D eigenvalue weighted by Crippen LogP contribution is 2.42. The number of nitrogens with one attached hydrogen (secondary N) is 2. The molecule has 0 saturated carbocycles. The zero-order chi connectivity index (χ0) is 32.4. The number of aliphatic imine (C=N–C) groups is 2. The summed E-state index contributed by atoms with van der Waals surface area (Å²) in [5, 5.41) is 12.0. The van der Waals surface area contributed by atoms with Crippen molar-refractivity contribution in [1.82, 2.24) is 29.9 Å². The molecule has 0 radical (unpaired) electrons. The Bertz CT molecular complexity index is 2590. The number of fused-ring (bicyclic) bond motifs is 8. The molecular weight excluding hydrogens is 600 g/mol. The van der Waals surface area contributed by atoms with Gasteiger partial charge in [0, 0.05) is 34.1 Å². The van der Waals surface area contributed by atoms with Crippen LogP contribution in [0.15, 0.2) is 124 Å². The van der Waals surface area contributed by atoms with E-state index in [9.17, 15) is 0 Å². The largest absolute Gasteiger partial charge is 0.496 e. The third kappa shape index (κ3) is 4.65. The van der Waals surface area contributed by atoms with Crippen LogP contribution in [0.3, 0.4) is 0 Å². The van der Waals surface area contributed by atoms with Crippen LogP contribution in [-0.2, 0) is 0 Å². The Morgan fingerprint density at radius 1 is 0.896 bits per heavy atom. The second-order valence-electron chi connectivity index (χ2n) is 12.2. The maximum Gasteiger partial charge on any atom is 0.252 e. The van der Waals surface area contributed by atoms with Crippen molar-refractivity contribution in [3.8, 4) is 5.75 Å². The van der Waals surface area contributed by atoms with Gasteiger partial charge < -0.3 is 15.0 Å². The first-order valence-corrected chi connectivity index (χ1v) is 15.6. The maximum absolute atomic E-state index is 15.2. The third-order valence-electron chi connectivity index (χ3n) is 8.94. The van der Waals surface area contributed by atoms with E-state index < -0.39 is 5.54 Å². The Labute approximate surface area is 274 Å². The predicted octanol–water partition coefficient (Wildman–Crippen LogP) is 4.31. The lowest BCUT2D eigenvalue weighted by Crippen LogP contribution is -2.46. The average Bonchev–Trinajstić information content (AvgIpc) is 3.93. The second kappa shape index (κ2) is 10.6. The number of benzene rings is 2. The van der Waals surface area contributed by atoms with Gasteiger partial charge in [0.25, 0.3) is 5.78 Å². The number of Topliss-reactive ketones (excluding diaryl/α,β-unsaturated/α-hetero) is 1. The van der Waals surface area contributed by atoms with Crippen molar-refractivity contribution >= 4 is 51.5 Å². The number of carbonyl (C=O) groups is 1. The fourth-order valence-corrected chi connectivity index (χ4v) is 6.75. The molecule has 2 aromatic carbocycles. The van der Waals surface area contributed by atoms with Crippen molar-refractivity contribution in [2.24, 2.45) is 9.98 Å². The number of aromatic amines is 1. The molecule has 0 amide bonds. The number of carbonyl (C=O) groups excluding carboxylic acids is 1. The van der Waals surface area contributed by atoms with Crippen LogP contribution in [0.4, 0.5) is 0 Å². The molecule has 7 heterocycles. The minimum atomic E-state index is -1.25. The predicted molar refractivity (Wildman–Crippen MR) is 186 cm³/mol. The van der Waals surface area contributed by atoms with Gasteiger partial charge >= 0.3 is 0 Å². The van der Waals surface area contributed by atoms with Crippen LogP contribution in [0, 0.1) is 6.92 Å². The van der Waals surface area contributed by atoms with E-state index in [1.807, 2.05) is 110 Å². The molecule has 232 valence electrons. The summed E-state index contributed by atoms with van der Waals surface area (Å²) >= 11 is 0. The van der Waals surface area contributed by atoms with Gasteiger partial charge in [-0.2, -0.15) is 14.6 Å². The molecule has 1 atom stereocenters. The number of rotatable bonds is 4. The summed E-state index contributed by atoms with van der Waals surface area (Å²) in [5.74, 6) is 0.822. The monoisotopic (exact) mass is 628 g/mol. The van der Waals surface area contributed by atoms with E-state index in [0.717, 1.165) is 61.2 Å². The van der Waals surface area contributed by atoms with Gasteiger partial charge in [0.05, 0.1) is 41.2 Å². The molecule has 10 nitrogen and oxygen atoms in total. The first-order chi connectivity index (χ1) is 23.4. The normalized spacial score (nSPS) is 19.5. The summed E-state index contributed by atoms with van der Waals surface area (Å²) in [7, 11) is 1.59. The molecule has 8 bridgehead atoms. The van der Waals surface area contributed by atoms with E-state index in [1.165, 1.54) is 6.33 Å². The van der Waals surface area contributed by atoms with Crippen LogP contribution in [0.2, 0.25) is 0 Å². The topological polar surface area (TPSA) is 122 Å². The van der Waals surface area contributed by atoms with Crippen LogP contribution in [0.25, 0.3) is 34.3 Å². The number of hydrogen-bond donors (Lipinski definition) is 2. The van der Waals surface area contributed by atoms with Crippen molar-refractivity contribution < 1.29 is 9.53 Å². The third-order valence-corrected chi connectivity index (χ3v) is 8.94. The molecule has 0 saturated heterocycles. The number of aromatic nitrogens is 5. The molecule has 5 aromatic rings. The number of H-pyrrole nitrogens is 1. The Morgan fingerprint density at radius 3 is 2.40 bits per heavy atom. The van der Waals surface area contributed by atoms with E-state index in [1.54, 1.807) is 11.6 Å². The van der Waals surface area contributed by atoms with Gasteiger partial charge in [0.2, 0.25) is 0 Å². The summed E-state index contributed by atoms with van der Waals surface area (Å²) in [6.45, 7) is 1.93. The summed E-state index contributed by atoms with van der Waals surface area (Å²) in [4.78, 5) is 37.4. The number of nitrogens with zero attached hydrogens (tertiary/aromatic N) is 6. The molecule has 4 aliphatic heterocycles. The number of allylic oxidation sites excluding steroid dienone is 5. The SMILES string of the molecule is COc1cc2ccccc2cc1C(=O)C12C=C3C=CC(=N3)C=c3ccc([nH]3)=CC3=NC(=CC(=C(c4cc(C)nc5ncnn45)C1)N2)C=C3. The van der Waals surface area contributed by atoms with E-state index in [0.29, 0.717) is 22.8 Å². The molecule has 2 N–H and O–H groups in total. The molecule has 9 rings (SSSR count). The van der Waals surface area contributed by atoms with Crippen molar-refractivity contribution in [2.45, 2.75) is 18.9 Å². The standard InChI is InChI=1S/C38H28N8O2/c1-22-13-34(46-37(41-22)39-21-40-46)32-20-38(36(47)31-14-23-5-3-4-6-24(23)15-35(31)48-2)19-30-12-11-28(44-30)17-26-8-7-25(42-26)16-27-9-10-29(43-27)18-33(32)45-38/h3-19,21,42,45H,20H2,1-2H3. The molecule has 0 aliphatic carbocycles. The van der Waals surface area contributed by atoms with Crippen molar-refractivity contribution in [3.05, 3.63) is 142 Å². The van der Waals surface area contributed by atoms with Gasteiger partial charge in [-0.3, -0.25) is 4.79 Å². The highest BCUT2D eigenvalue weighted by atomic mass is 16.5. The zero-order valence-corrected chi connectivity index (χ0v) is 26.1. The molecular formula is C38H28N8O2. The highest BCUT2D eigenvalue weighted by molar-refractivity contribution is 6.20. The lowest BCUT2D eigenvalue weighted by Gasteiger charge is -2.28. The molecule has 0 fully saturated rings. The number of ether oxygens (including phenoxy) is 1. The van der Waals surface area contributed by atoms with Crippen molar-refractivity contribution in [3.63, 3.8) is 0 Å². The summed E-state index contributed by atoms with van der Waals surface area (Å²) in [6, 6.07) is 17.8. The number of ketones is 1. The van der Waals surface area contributed by atoms with Gasteiger partial charge in [-0.25, -0.2) is 15.0 Å². The first kappa shape index (κ1) is 27.9. The van der Waals surface area contributed by atoms with E-state index in [2.05, 4.69) is 25.4 Å². The lowest BCUT2D eigenvalue weighted by molar-refractivity contribution is 0.0906. The quantitative estimate of drug-likeness (QED) is 0.286. The van der Waals surface area contributed by atoms with Gasteiger partial charge in [-0.05, 0) is 96.6 Å². The molecule has 1 unspecified atom stereocenters. The minimum absolute atomic E-state index is 0.153. The van der Waals surface area contributed by atoms with Crippen LogP contribution < -0.4 is 20.8 Å². The Hall–Kier alpha value is -6.42. The number of methoxy groups -OCH3 is 1. The smallest absolute Gasteiger partial charge is 0.252 e. The van der Waals surface area contributed by atoms with Crippen LogP contribution in [0.5, 0.6) is 5.75 Å². The van der Waals surface area contributed by atoms with Crippen LogP contribution in [0.1, 0.15) is 28.2 Å². The number of aryl methyl sites for hydroxylation is 1. The van der Waals surface area contributed by atoms with Gasteiger partial charge in [-0.1, -0.05) is 24.3 Å². The van der Waals surface area contributed by atoms with Crippen LogP contribution in [-0.4, -0.2) is 54.4 Å². The summed E-state index contributed by atoms with van der Waals surface area (Å²) in [6.07, 6.45) is 17.5. The Morgan fingerprint density at radius 2 is 1.62 bits per heavy atom. The van der Waals surface area contributed by atoms with Gasteiger partial charge in [-0.15, -0.1) is 0 Å². The first-order valence-electron chi connectivity index (χ1n) is 15.6.